The maximum Gasteiger partial charge on any atom is 0.270 e. The average Bonchev–Trinajstić information content (AvgIpc) is 3.06. The van der Waals surface area contributed by atoms with Gasteiger partial charge in [-0.05, 0) is 30.5 Å². The molecule has 5 heteroatoms. The highest BCUT2D eigenvalue weighted by atomic mass is 16.3. The Bertz CT molecular complexity index is 643. The summed E-state index contributed by atoms with van der Waals surface area (Å²) >= 11 is 0. The van der Waals surface area contributed by atoms with Crippen LogP contribution in [0.3, 0.4) is 0 Å². The highest BCUT2D eigenvalue weighted by Crippen LogP contribution is 2.24. The van der Waals surface area contributed by atoms with Crippen LogP contribution in [-0.2, 0) is 0 Å². The van der Waals surface area contributed by atoms with E-state index in [4.69, 9.17) is 5.11 Å². The number of hydrogen-bond donors (Lipinski definition) is 3. The molecule has 116 valence electrons. The van der Waals surface area contributed by atoms with Gasteiger partial charge in [0.05, 0.1) is 12.2 Å². The van der Waals surface area contributed by atoms with Crippen LogP contribution in [0.25, 0.3) is 11.3 Å². The Morgan fingerprint density at radius 2 is 1.82 bits per heavy atom. The zero-order chi connectivity index (χ0) is 15.6. The Morgan fingerprint density at radius 3 is 2.45 bits per heavy atom. The second kappa shape index (κ2) is 5.94. The summed E-state index contributed by atoms with van der Waals surface area (Å²) in [6, 6.07) is 13.5. The Hall–Kier alpha value is -2.11. The Labute approximate surface area is 129 Å². The number of aromatic amines is 1. The first-order valence-corrected chi connectivity index (χ1v) is 7.48. The van der Waals surface area contributed by atoms with Crippen molar-refractivity contribution in [2.75, 3.05) is 19.7 Å². The first kappa shape index (κ1) is 14.8. The molecule has 1 aromatic carbocycles. The van der Waals surface area contributed by atoms with Gasteiger partial charge >= 0.3 is 0 Å². The fourth-order valence-electron chi connectivity index (χ4n) is 2.76. The van der Waals surface area contributed by atoms with Crippen molar-refractivity contribution in [2.24, 2.45) is 0 Å². The average molecular weight is 300 g/mol. The number of carbonyl (C=O) groups is 1. The number of nitrogens with one attached hydrogen (secondary N) is 1. The highest BCUT2D eigenvalue weighted by Gasteiger charge is 2.33. The predicted molar refractivity (Wildman–Crippen MR) is 83.4 cm³/mol. The van der Waals surface area contributed by atoms with Crippen LogP contribution in [0.1, 0.15) is 23.3 Å². The molecule has 0 radical (unpaired) electrons. The number of rotatable bonds is 3. The maximum atomic E-state index is 12.5. The lowest BCUT2D eigenvalue weighted by Gasteiger charge is -2.36. The minimum Gasteiger partial charge on any atom is -0.393 e. The molecule has 0 atom stereocenters. The van der Waals surface area contributed by atoms with Gasteiger partial charge in [-0.2, -0.15) is 0 Å². The van der Waals surface area contributed by atoms with E-state index >= 15 is 0 Å². The van der Waals surface area contributed by atoms with Crippen molar-refractivity contribution in [1.29, 1.82) is 0 Å². The summed E-state index contributed by atoms with van der Waals surface area (Å²) in [4.78, 5) is 17.4. The largest absolute Gasteiger partial charge is 0.393 e. The number of H-pyrrole nitrogens is 1. The molecule has 5 nitrogen and oxygen atoms in total. The zero-order valence-electron chi connectivity index (χ0n) is 12.3. The second-order valence-electron chi connectivity index (χ2n) is 5.83. The van der Waals surface area contributed by atoms with Gasteiger partial charge in [-0.15, -0.1) is 0 Å². The summed E-state index contributed by atoms with van der Waals surface area (Å²) in [5.74, 6) is -0.0674. The third-order valence-corrected chi connectivity index (χ3v) is 4.28. The summed E-state index contributed by atoms with van der Waals surface area (Å²) in [5, 5.41) is 19.2. The minimum absolute atomic E-state index is 0.0674. The zero-order valence-corrected chi connectivity index (χ0v) is 12.3. The lowest BCUT2D eigenvalue weighted by Crippen LogP contribution is -2.48. The topological polar surface area (TPSA) is 76.6 Å². The Balaban J connectivity index is 1.70. The molecular weight excluding hydrogens is 280 g/mol. The minimum atomic E-state index is -1.04. The van der Waals surface area contributed by atoms with Crippen molar-refractivity contribution >= 4 is 5.91 Å². The van der Waals surface area contributed by atoms with E-state index in [0.29, 0.717) is 31.6 Å². The van der Waals surface area contributed by atoms with E-state index in [1.54, 1.807) is 11.0 Å². The standard InChI is InChI=1S/C17H20N2O3/c20-12-17(22)8-10-19(11-9-17)16(21)15-7-6-14(18-15)13-4-2-1-3-5-13/h1-7,18,20,22H,8-12H2. The molecule has 0 spiro atoms. The van der Waals surface area contributed by atoms with E-state index in [9.17, 15) is 9.90 Å². The quantitative estimate of drug-likeness (QED) is 0.806. The molecule has 0 bridgehead atoms. The number of carbonyl (C=O) groups excluding carboxylic acids is 1. The Kier molecular flexibility index (Phi) is 4.00. The number of hydrogen-bond acceptors (Lipinski definition) is 3. The molecule has 22 heavy (non-hydrogen) atoms. The molecule has 0 unspecified atom stereocenters. The fourth-order valence-corrected chi connectivity index (χ4v) is 2.76. The van der Waals surface area contributed by atoms with E-state index in [0.717, 1.165) is 11.3 Å². The summed E-state index contributed by atoms with van der Waals surface area (Å²) in [7, 11) is 0. The van der Waals surface area contributed by atoms with Crippen LogP contribution in [0.2, 0.25) is 0 Å². The molecule has 0 saturated carbocycles. The number of aliphatic hydroxyl groups excluding tert-OH is 1. The lowest BCUT2D eigenvalue weighted by molar-refractivity contribution is -0.0546. The van der Waals surface area contributed by atoms with Gasteiger partial charge < -0.3 is 20.1 Å². The van der Waals surface area contributed by atoms with Gasteiger partial charge in [0, 0.05) is 18.8 Å². The van der Waals surface area contributed by atoms with Gasteiger partial charge in [0.2, 0.25) is 0 Å². The summed E-state index contributed by atoms with van der Waals surface area (Å²) in [6.45, 7) is 0.654. The van der Waals surface area contributed by atoms with Crippen LogP contribution in [0.4, 0.5) is 0 Å². The van der Waals surface area contributed by atoms with E-state index in [2.05, 4.69) is 4.98 Å². The molecule has 2 heterocycles. The van der Waals surface area contributed by atoms with Crippen LogP contribution in [0.15, 0.2) is 42.5 Å². The van der Waals surface area contributed by atoms with Crippen LogP contribution < -0.4 is 0 Å². The molecule has 1 fully saturated rings. The lowest BCUT2D eigenvalue weighted by atomic mass is 9.92. The highest BCUT2D eigenvalue weighted by molar-refractivity contribution is 5.93. The van der Waals surface area contributed by atoms with Gasteiger partial charge in [-0.3, -0.25) is 4.79 Å². The number of nitrogens with zero attached hydrogens (tertiary/aromatic N) is 1. The number of aliphatic hydroxyl groups is 2. The summed E-state index contributed by atoms with van der Waals surface area (Å²) in [6.07, 6.45) is 0.809. The molecule has 1 aromatic heterocycles. The molecule has 1 amide bonds. The van der Waals surface area contributed by atoms with Gasteiger partial charge in [0.1, 0.15) is 5.69 Å². The first-order chi connectivity index (χ1) is 10.6. The Morgan fingerprint density at radius 1 is 1.14 bits per heavy atom. The summed E-state index contributed by atoms with van der Waals surface area (Å²) < 4.78 is 0. The van der Waals surface area contributed by atoms with Crippen LogP contribution in [0.5, 0.6) is 0 Å². The molecule has 2 aromatic rings. The van der Waals surface area contributed by atoms with E-state index in [1.807, 2.05) is 36.4 Å². The smallest absolute Gasteiger partial charge is 0.270 e. The molecule has 0 aliphatic carbocycles. The van der Waals surface area contributed by atoms with Gasteiger partial charge in [-0.25, -0.2) is 0 Å². The van der Waals surface area contributed by atoms with Crippen molar-refractivity contribution in [1.82, 2.24) is 9.88 Å². The van der Waals surface area contributed by atoms with Gasteiger partial charge in [0.15, 0.2) is 0 Å². The van der Waals surface area contributed by atoms with E-state index in [-0.39, 0.29) is 12.5 Å². The normalized spacial score (nSPS) is 17.5. The number of amides is 1. The molecule has 3 rings (SSSR count). The number of likely N-dealkylation sites (tertiary alicyclic amines) is 1. The van der Waals surface area contributed by atoms with E-state index in [1.165, 1.54) is 0 Å². The van der Waals surface area contributed by atoms with Crippen molar-refractivity contribution < 1.29 is 15.0 Å². The van der Waals surface area contributed by atoms with Crippen molar-refractivity contribution in [3.05, 3.63) is 48.2 Å². The first-order valence-electron chi connectivity index (χ1n) is 7.48. The third-order valence-electron chi connectivity index (χ3n) is 4.28. The molecular formula is C17H20N2O3. The maximum absolute atomic E-state index is 12.5. The molecule has 1 aliphatic heterocycles. The third kappa shape index (κ3) is 2.91. The fraction of sp³-hybridized carbons (Fsp3) is 0.353. The van der Waals surface area contributed by atoms with Gasteiger partial charge in [0.25, 0.3) is 5.91 Å². The van der Waals surface area contributed by atoms with Crippen molar-refractivity contribution in [2.45, 2.75) is 18.4 Å². The van der Waals surface area contributed by atoms with Crippen LogP contribution in [-0.4, -0.2) is 51.3 Å². The number of aromatic nitrogens is 1. The summed E-state index contributed by atoms with van der Waals surface area (Å²) in [5.41, 5.74) is 1.46. The molecule has 1 aliphatic rings. The SMILES string of the molecule is O=C(c1ccc(-c2ccccc2)[nH]1)N1CCC(O)(CO)CC1. The second-order valence-corrected chi connectivity index (χ2v) is 5.83. The predicted octanol–water partition coefficient (Wildman–Crippen LogP) is 1.64. The van der Waals surface area contributed by atoms with Crippen LogP contribution in [0, 0.1) is 0 Å². The van der Waals surface area contributed by atoms with Gasteiger partial charge in [-0.1, -0.05) is 30.3 Å². The van der Waals surface area contributed by atoms with E-state index < -0.39 is 5.60 Å². The molecule has 3 N–H and O–H groups in total. The van der Waals surface area contributed by atoms with Crippen molar-refractivity contribution in [3.63, 3.8) is 0 Å². The molecule has 1 saturated heterocycles. The number of piperidine rings is 1. The van der Waals surface area contributed by atoms with Crippen LogP contribution >= 0.6 is 0 Å². The van der Waals surface area contributed by atoms with Crippen molar-refractivity contribution in [3.8, 4) is 11.3 Å². The monoisotopic (exact) mass is 300 g/mol. The number of benzene rings is 1.